The van der Waals surface area contributed by atoms with Gasteiger partial charge in [0.15, 0.2) is 6.61 Å². The summed E-state index contributed by atoms with van der Waals surface area (Å²) >= 11 is 0. The smallest absolute Gasteiger partial charge is 0.344 e. The second kappa shape index (κ2) is 10.4. The van der Waals surface area contributed by atoms with E-state index in [4.69, 9.17) is 9.47 Å². The maximum Gasteiger partial charge on any atom is 0.344 e. The molecular formula is C32H42O6. The first kappa shape index (κ1) is 28.3. The molecule has 0 radical (unpaired) electrons. The summed E-state index contributed by atoms with van der Waals surface area (Å²) < 4.78 is 11.3. The van der Waals surface area contributed by atoms with E-state index < -0.39 is 41.6 Å². The number of carbonyl (C=O) groups is 3. The Kier molecular flexibility index (Phi) is 7.77. The van der Waals surface area contributed by atoms with Gasteiger partial charge in [0, 0.05) is 29.2 Å². The summed E-state index contributed by atoms with van der Waals surface area (Å²) in [6.45, 7) is 13.7. The van der Waals surface area contributed by atoms with Crippen molar-refractivity contribution >= 4 is 23.8 Å². The van der Waals surface area contributed by atoms with Gasteiger partial charge >= 0.3 is 11.9 Å². The lowest BCUT2D eigenvalue weighted by Crippen LogP contribution is -2.63. The number of aryl methyl sites for hydroxylation is 1. The molecule has 3 fully saturated rings. The van der Waals surface area contributed by atoms with Crippen molar-refractivity contribution in [2.75, 3.05) is 6.61 Å². The number of ketones is 1. The van der Waals surface area contributed by atoms with Crippen molar-refractivity contribution in [3.8, 4) is 0 Å². The molecule has 38 heavy (non-hydrogen) atoms. The van der Waals surface area contributed by atoms with E-state index in [-0.39, 0.29) is 29.0 Å². The number of Topliss-reactive ketones (excluding diaryl/α,β-unsaturated/α-hetero) is 1. The Morgan fingerprint density at radius 2 is 1.84 bits per heavy atom. The molecule has 8 atom stereocenters. The summed E-state index contributed by atoms with van der Waals surface area (Å²) in [5.74, 6) is -1.34. The first-order valence-corrected chi connectivity index (χ1v) is 13.8. The topological polar surface area (TPSA) is 89.9 Å². The molecule has 4 rings (SSSR count). The van der Waals surface area contributed by atoms with Crippen LogP contribution in [-0.2, 0) is 23.9 Å². The van der Waals surface area contributed by atoms with Crippen LogP contribution >= 0.6 is 0 Å². The van der Waals surface area contributed by atoms with Gasteiger partial charge in [0.2, 0.25) is 0 Å². The number of carbonyl (C=O) groups excluding carboxylic acids is 3. The number of ether oxygens (including phenoxy) is 2. The highest BCUT2D eigenvalue weighted by molar-refractivity contribution is 5.88. The summed E-state index contributed by atoms with van der Waals surface area (Å²) in [5, 5.41) is 11.6. The van der Waals surface area contributed by atoms with Gasteiger partial charge in [0.25, 0.3) is 0 Å². The molecule has 0 heterocycles. The van der Waals surface area contributed by atoms with Crippen LogP contribution in [0.5, 0.6) is 0 Å². The molecule has 1 aromatic rings. The number of rotatable bonds is 6. The average molecular weight is 523 g/mol. The van der Waals surface area contributed by atoms with E-state index in [1.807, 2.05) is 38.1 Å². The molecule has 3 aliphatic carbocycles. The fourth-order valence-corrected chi connectivity index (χ4v) is 7.71. The highest BCUT2D eigenvalue weighted by Gasteiger charge is 2.68. The number of esters is 2. The van der Waals surface area contributed by atoms with E-state index in [9.17, 15) is 19.5 Å². The zero-order chi connectivity index (χ0) is 27.9. The summed E-state index contributed by atoms with van der Waals surface area (Å²) in [7, 11) is 0. The minimum atomic E-state index is -0.725. The Bertz CT molecular complexity index is 1120. The van der Waals surface area contributed by atoms with Crippen LogP contribution in [0.1, 0.15) is 70.9 Å². The third kappa shape index (κ3) is 4.76. The van der Waals surface area contributed by atoms with E-state index in [0.717, 1.165) is 30.4 Å². The van der Waals surface area contributed by atoms with Crippen LogP contribution in [0.2, 0.25) is 0 Å². The fraction of sp³-hybridized carbons (Fsp3) is 0.594. The predicted octanol–water partition coefficient (Wildman–Crippen LogP) is 5.46. The SMILES string of the molecule is C=C[C@]1(C)C[C@@H](OC(=O)COC(=O)/C=C/c2ccc(C)cc2)[C@]2(C)[C@H](C)CC[C@]3(CCC(=O)[C@H]32)[C@@H](C)[C@@H]1O. The zero-order valence-electron chi connectivity index (χ0n) is 23.4. The lowest BCUT2D eigenvalue weighted by molar-refractivity contribution is -0.208. The molecule has 6 nitrogen and oxygen atoms in total. The van der Waals surface area contributed by atoms with Gasteiger partial charge in [-0.25, -0.2) is 9.59 Å². The molecule has 0 unspecified atom stereocenters. The summed E-state index contributed by atoms with van der Waals surface area (Å²) in [5.41, 5.74) is 0.328. The zero-order valence-corrected chi connectivity index (χ0v) is 23.4. The first-order chi connectivity index (χ1) is 17.9. The molecule has 0 aromatic heterocycles. The average Bonchev–Trinajstić information content (AvgIpc) is 3.25. The van der Waals surface area contributed by atoms with Crippen molar-refractivity contribution in [2.45, 2.75) is 78.9 Å². The van der Waals surface area contributed by atoms with E-state index in [1.54, 1.807) is 12.2 Å². The highest BCUT2D eigenvalue weighted by atomic mass is 16.6. The Morgan fingerprint density at radius 1 is 1.16 bits per heavy atom. The largest absolute Gasteiger partial charge is 0.459 e. The summed E-state index contributed by atoms with van der Waals surface area (Å²) in [4.78, 5) is 38.8. The number of aliphatic hydroxyl groups excluding tert-OH is 1. The van der Waals surface area contributed by atoms with Crippen LogP contribution in [0, 0.1) is 40.9 Å². The van der Waals surface area contributed by atoms with Crippen LogP contribution in [0.4, 0.5) is 0 Å². The van der Waals surface area contributed by atoms with E-state index in [2.05, 4.69) is 27.4 Å². The predicted molar refractivity (Wildman–Crippen MR) is 146 cm³/mol. The lowest BCUT2D eigenvalue weighted by Gasteiger charge is -2.61. The maximum atomic E-state index is 13.5. The number of hydrogen-bond acceptors (Lipinski definition) is 6. The van der Waals surface area contributed by atoms with Crippen molar-refractivity contribution in [1.29, 1.82) is 0 Å². The standard InChI is InChI=1S/C32H42O6/c1-7-30(5)18-25(38-27(35)19-37-26(34)13-12-23-10-8-20(2)9-11-23)31(6)21(3)14-16-32(22(4)29(30)36)17-15-24(33)28(31)32/h7-13,21-22,25,28-29,36H,1,14-19H2,2-6H3/b13-12+/t21-,22+,25-,28+,29+,30-,31+,32+/m1/s1. The first-order valence-electron chi connectivity index (χ1n) is 13.8. The minimum absolute atomic E-state index is 0.0910. The molecule has 3 aliphatic rings. The Hall–Kier alpha value is -2.73. The summed E-state index contributed by atoms with van der Waals surface area (Å²) in [6.07, 6.45) is 6.67. The van der Waals surface area contributed by atoms with Crippen LogP contribution in [0.3, 0.4) is 0 Å². The van der Waals surface area contributed by atoms with Gasteiger partial charge in [-0.15, -0.1) is 6.58 Å². The number of hydrogen-bond donors (Lipinski definition) is 1. The van der Waals surface area contributed by atoms with Gasteiger partial charge in [-0.1, -0.05) is 63.6 Å². The fourth-order valence-electron chi connectivity index (χ4n) is 7.71. The third-order valence-electron chi connectivity index (χ3n) is 10.4. The normalized spacial score (nSPS) is 38.7. The van der Waals surface area contributed by atoms with Crippen molar-refractivity contribution in [3.63, 3.8) is 0 Å². The van der Waals surface area contributed by atoms with Crippen LogP contribution in [0.25, 0.3) is 6.08 Å². The Balaban J connectivity index is 1.55. The molecular weight excluding hydrogens is 480 g/mol. The van der Waals surface area contributed by atoms with E-state index >= 15 is 0 Å². The Labute approximate surface area is 226 Å². The third-order valence-corrected chi connectivity index (χ3v) is 10.4. The van der Waals surface area contributed by atoms with Crippen LogP contribution < -0.4 is 0 Å². The maximum absolute atomic E-state index is 13.5. The highest BCUT2D eigenvalue weighted by Crippen LogP contribution is 2.67. The molecule has 1 aromatic carbocycles. The van der Waals surface area contributed by atoms with Crippen molar-refractivity contribution in [1.82, 2.24) is 0 Å². The van der Waals surface area contributed by atoms with Crippen LogP contribution in [0.15, 0.2) is 43.0 Å². The molecule has 206 valence electrons. The van der Waals surface area contributed by atoms with Gasteiger partial charge in [-0.2, -0.15) is 0 Å². The number of benzene rings is 1. The molecule has 6 heteroatoms. The lowest BCUT2D eigenvalue weighted by atomic mass is 9.44. The van der Waals surface area contributed by atoms with Crippen molar-refractivity contribution in [2.24, 2.45) is 34.0 Å². The van der Waals surface area contributed by atoms with Gasteiger partial charge in [-0.3, -0.25) is 4.79 Å². The van der Waals surface area contributed by atoms with Crippen molar-refractivity contribution in [3.05, 3.63) is 54.1 Å². The second-order valence-electron chi connectivity index (χ2n) is 12.4. The van der Waals surface area contributed by atoms with Crippen LogP contribution in [-0.4, -0.2) is 41.6 Å². The van der Waals surface area contributed by atoms with Crippen molar-refractivity contribution < 1.29 is 29.0 Å². The molecule has 0 aliphatic heterocycles. The summed E-state index contributed by atoms with van der Waals surface area (Å²) in [6, 6.07) is 7.68. The molecule has 2 bridgehead atoms. The molecule has 1 N–H and O–H groups in total. The molecule has 0 saturated heterocycles. The Morgan fingerprint density at radius 3 is 2.50 bits per heavy atom. The second-order valence-corrected chi connectivity index (χ2v) is 12.4. The van der Waals surface area contributed by atoms with Gasteiger partial charge in [-0.05, 0) is 61.5 Å². The van der Waals surface area contributed by atoms with E-state index in [0.29, 0.717) is 12.8 Å². The quantitative estimate of drug-likeness (QED) is 0.303. The molecule has 0 spiro atoms. The minimum Gasteiger partial charge on any atom is -0.459 e. The number of aliphatic hydroxyl groups is 1. The monoisotopic (exact) mass is 522 g/mol. The van der Waals surface area contributed by atoms with Gasteiger partial charge in [0.1, 0.15) is 11.9 Å². The molecule has 3 saturated carbocycles. The van der Waals surface area contributed by atoms with Gasteiger partial charge < -0.3 is 14.6 Å². The van der Waals surface area contributed by atoms with Gasteiger partial charge in [0.05, 0.1) is 6.10 Å². The van der Waals surface area contributed by atoms with E-state index in [1.165, 1.54) is 6.08 Å². The molecule has 0 amide bonds.